The average molecular weight is 347 g/mol. The molecular weight excluding hydrogens is 326 g/mol. The fraction of sp³-hybridized carbons (Fsp3) is 0.238. The number of aryl methyl sites for hydroxylation is 2. The molecule has 2 amide bonds. The van der Waals surface area contributed by atoms with Gasteiger partial charge in [-0.05, 0) is 60.9 Å². The van der Waals surface area contributed by atoms with Crippen LogP contribution in [0.1, 0.15) is 50.4 Å². The maximum atomic E-state index is 12.7. The van der Waals surface area contributed by atoms with Gasteiger partial charge in [-0.2, -0.15) is 0 Å². The number of nitrogens with one attached hydrogen (secondary N) is 3. The first-order valence-corrected chi connectivity index (χ1v) is 8.76. The van der Waals surface area contributed by atoms with Gasteiger partial charge in [-0.1, -0.05) is 13.0 Å². The van der Waals surface area contributed by atoms with E-state index >= 15 is 0 Å². The Bertz CT molecular complexity index is 1050. The van der Waals surface area contributed by atoms with E-state index in [0.717, 1.165) is 27.7 Å². The fourth-order valence-corrected chi connectivity index (χ4v) is 3.50. The summed E-state index contributed by atoms with van der Waals surface area (Å²) in [4.78, 5) is 28.0. The molecule has 0 aliphatic carbocycles. The standard InChI is InChI=1S/C21H21N3O2/c1-11-4-6-15(8-12(11)2)23-20(25)14-5-7-17-16(9-14)18-13(3)10-22-21(26)19(18)24-17/h4-9,13,24H,10H2,1-3H3,(H,22,26)(H,23,25). The second kappa shape index (κ2) is 6.02. The SMILES string of the molecule is Cc1ccc(NC(=O)c2ccc3[nH]c4c(c3c2)C(C)CNC4=O)cc1C. The molecule has 3 aromatic rings. The zero-order valence-electron chi connectivity index (χ0n) is 15.1. The number of anilines is 1. The smallest absolute Gasteiger partial charge is 0.268 e. The first kappa shape index (κ1) is 16.4. The lowest BCUT2D eigenvalue weighted by atomic mass is 9.93. The van der Waals surface area contributed by atoms with Crippen molar-refractivity contribution in [3.63, 3.8) is 0 Å². The summed E-state index contributed by atoms with van der Waals surface area (Å²) in [6.45, 7) is 6.75. The zero-order valence-corrected chi connectivity index (χ0v) is 15.1. The Balaban J connectivity index is 1.70. The largest absolute Gasteiger partial charge is 0.350 e. The number of hydrogen-bond acceptors (Lipinski definition) is 2. The third kappa shape index (κ3) is 2.65. The van der Waals surface area contributed by atoms with E-state index in [1.54, 1.807) is 6.07 Å². The van der Waals surface area contributed by atoms with Gasteiger partial charge in [-0.3, -0.25) is 9.59 Å². The first-order valence-electron chi connectivity index (χ1n) is 8.76. The molecule has 0 saturated carbocycles. The van der Waals surface area contributed by atoms with Gasteiger partial charge < -0.3 is 15.6 Å². The van der Waals surface area contributed by atoms with E-state index in [-0.39, 0.29) is 17.7 Å². The molecule has 2 aromatic carbocycles. The number of hydrogen-bond donors (Lipinski definition) is 3. The summed E-state index contributed by atoms with van der Waals surface area (Å²) in [6, 6.07) is 11.4. The number of amides is 2. The van der Waals surface area contributed by atoms with Crippen molar-refractivity contribution in [1.82, 2.24) is 10.3 Å². The van der Waals surface area contributed by atoms with Gasteiger partial charge in [0, 0.05) is 34.6 Å². The Morgan fingerprint density at radius 2 is 1.92 bits per heavy atom. The lowest BCUT2D eigenvalue weighted by molar-refractivity contribution is 0.0936. The zero-order chi connectivity index (χ0) is 18.4. The van der Waals surface area contributed by atoms with E-state index in [1.165, 1.54) is 5.56 Å². The van der Waals surface area contributed by atoms with Gasteiger partial charge in [0.2, 0.25) is 0 Å². The summed E-state index contributed by atoms with van der Waals surface area (Å²) in [5.74, 6) is -0.0389. The molecule has 132 valence electrons. The molecule has 1 aliphatic heterocycles. The third-order valence-electron chi connectivity index (χ3n) is 5.15. The second-order valence-electron chi connectivity index (χ2n) is 7.04. The van der Waals surface area contributed by atoms with Crippen molar-refractivity contribution in [2.75, 3.05) is 11.9 Å². The number of aromatic amines is 1. The summed E-state index contributed by atoms with van der Waals surface area (Å²) in [5.41, 5.74) is 6.16. The molecule has 0 radical (unpaired) electrons. The number of carbonyl (C=O) groups is 2. The van der Waals surface area contributed by atoms with Crippen molar-refractivity contribution in [2.24, 2.45) is 0 Å². The molecule has 3 N–H and O–H groups in total. The van der Waals surface area contributed by atoms with Crippen LogP contribution in [0.25, 0.3) is 10.9 Å². The Morgan fingerprint density at radius 3 is 2.69 bits per heavy atom. The molecule has 1 atom stereocenters. The van der Waals surface area contributed by atoms with Crippen molar-refractivity contribution < 1.29 is 9.59 Å². The maximum Gasteiger partial charge on any atom is 0.268 e. The maximum absolute atomic E-state index is 12.7. The summed E-state index contributed by atoms with van der Waals surface area (Å²) in [5, 5.41) is 6.77. The van der Waals surface area contributed by atoms with Gasteiger partial charge in [0.25, 0.3) is 11.8 Å². The quantitative estimate of drug-likeness (QED) is 0.658. The molecule has 0 saturated heterocycles. The van der Waals surface area contributed by atoms with Crippen molar-refractivity contribution in [3.05, 3.63) is 64.3 Å². The average Bonchev–Trinajstić information content (AvgIpc) is 3.01. The molecule has 1 aliphatic rings. The molecule has 5 nitrogen and oxygen atoms in total. The van der Waals surface area contributed by atoms with Crippen LogP contribution in [0.15, 0.2) is 36.4 Å². The summed E-state index contributed by atoms with van der Waals surface area (Å²) >= 11 is 0. The van der Waals surface area contributed by atoms with Crippen LogP contribution in [0.2, 0.25) is 0 Å². The van der Waals surface area contributed by atoms with Gasteiger partial charge in [0.05, 0.1) is 0 Å². The monoisotopic (exact) mass is 347 g/mol. The van der Waals surface area contributed by atoms with Crippen molar-refractivity contribution in [1.29, 1.82) is 0 Å². The lowest BCUT2D eigenvalue weighted by Crippen LogP contribution is -2.33. The minimum Gasteiger partial charge on any atom is -0.350 e. The minimum atomic E-state index is -0.155. The molecule has 1 aromatic heterocycles. The highest BCUT2D eigenvalue weighted by molar-refractivity contribution is 6.08. The van der Waals surface area contributed by atoms with Gasteiger partial charge in [0.1, 0.15) is 5.69 Å². The minimum absolute atomic E-state index is 0.0876. The summed E-state index contributed by atoms with van der Waals surface area (Å²) in [6.07, 6.45) is 0. The highest BCUT2D eigenvalue weighted by Gasteiger charge is 2.27. The predicted molar refractivity (Wildman–Crippen MR) is 103 cm³/mol. The third-order valence-corrected chi connectivity index (χ3v) is 5.15. The molecule has 26 heavy (non-hydrogen) atoms. The van der Waals surface area contributed by atoms with Crippen molar-refractivity contribution >= 4 is 28.4 Å². The van der Waals surface area contributed by atoms with E-state index in [4.69, 9.17) is 0 Å². The molecule has 0 fully saturated rings. The first-order chi connectivity index (χ1) is 12.4. The van der Waals surface area contributed by atoms with Gasteiger partial charge in [-0.25, -0.2) is 0 Å². The van der Waals surface area contributed by atoms with Gasteiger partial charge >= 0.3 is 0 Å². The second-order valence-corrected chi connectivity index (χ2v) is 7.04. The highest BCUT2D eigenvalue weighted by atomic mass is 16.2. The summed E-state index contributed by atoms with van der Waals surface area (Å²) in [7, 11) is 0. The van der Waals surface area contributed by atoms with E-state index in [2.05, 4.69) is 22.5 Å². The van der Waals surface area contributed by atoms with E-state index in [0.29, 0.717) is 17.8 Å². The Kier molecular flexibility index (Phi) is 3.80. The molecule has 2 heterocycles. The molecular formula is C21H21N3O2. The van der Waals surface area contributed by atoms with Crippen LogP contribution in [0.5, 0.6) is 0 Å². The number of fused-ring (bicyclic) bond motifs is 3. The number of rotatable bonds is 2. The number of aromatic nitrogens is 1. The van der Waals surface area contributed by atoms with Crippen LogP contribution in [-0.4, -0.2) is 23.3 Å². The molecule has 0 spiro atoms. The molecule has 4 rings (SSSR count). The Hall–Kier alpha value is -3.08. The number of benzene rings is 2. The lowest BCUT2D eigenvalue weighted by Gasteiger charge is -2.19. The number of carbonyl (C=O) groups excluding carboxylic acids is 2. The predicted octanol–water partition coefficient (Wildman–Crippen LogP) is 3.88. The Labute approximate surface area is 151 Å². The molecule has 1 unspecified atom stereocenters. The Morgan fingerprint density at radius 1 is 1.12 bits per heavy atom. The van der Waals surface area contributed by atoms with E-state index < -0.39 is 0 Å². The van der Waals surface area contributed by atoms with Crippen molar-refractivity contribution in [3.8, 4) is 0 Å². The van der Waals surface area contributed by atoms with Crippen LogP contribution in [0, 0.1) is 13.8 Å². The van der Waals surface area contributed by atoms with Crippen molar-refractivity contribution in [2.45, 2.75) is 26.7 Å². The normalized spacial score (nSPS) is 16.3. The van der Waals surface area contributed by atoms with Gasteiger partial charge in [-0.15, -0.1) is 0 Å². The summed E-state index contributed by atoms with van der Waals surface area (Å²) < 4.78 is 0. The van der Waals surface area contributed by atoms with Crippen LogP contribution in [-0.2, 0) is 0 Å². The molecule has 5 heteroatoms. The fourth-order valence-electron chi connectivity index (χ4n) is 3.50. The van der Waals surface area contributed by atoms with Crippen LogP contribution < -0.4 is 10.6 Å². The molecule has 0 bridgehead atoms. The number of H-pyrrole nitrogens is 1. The van der Waals surface area contributed by atoms with Crippen LogP contribution in [0.4, 0.5) is 5.69 Å². The topological polar surface area (TPSA) is 74.0 Å². The van der Waals surface area contributed by atoms with Crippen LogP contribution in [0.3, 0.4) is 0 Å². The van der Waals surface area contributed by atoms with Crippen LogP contribution >= 0.6 is 0 Å². The van der Waals surface area contributed by atoms with Gasteiger partial charge in [0.15, 0.2) is 0 Å². The highest BCUT2D eigenvalue weighted by Crippen LogP contribution is 2.32. The van der Waals surface area contributed by atoms with E-state index in [1.807, 2.05) is 44.2 Å². The van der Waals surface area contributed by atoms with E-state index in [9.17, 15) is 9.59 Å².